The summed E-state index contributed by atoms with van der Waals surface area (Å²) in [5.41, 5.74) is 2.41. The van der Waals surface area contributed by atoms with Crippen molar-refractivity contribution in [2.75, 3.05) is 13.7 Å². The Hall–Kier alpha value is -2.33. The van der Waals surface area contributed by atoms with E-state index in [0.29, 0.717) is 6.61 Å². The van der Waals surface area contributed by atoms with Gasteiger partial charge in [0.2, 0.25) is 0 Å². The van der Waals surface area contributed by atoms with Crippen molar-refractivity contribution in [1.82, 2.24) is 4.98 Å². The van der Waals surface area contributed by atoms with Gasteiger partial charge >= 0.3 is 0 Å². The first-order valence-corrected chi connectivity index (χ1v) is 6.94. The summed E-state index contributed by atoms with van der Waals surface area (Å²) >= 11 is 0. The van der Waals surface area contributed by atoms with E-state index in [1.165, 1.54) is 11.1 Å². The SMILES string of the molecule is C=CCOc1ccc(C[NH2+]Cc2cccnc2)cc1OC. The number of nitrogens with two attached hydrogens (primary N) is 1. The average Bonchev–Trinajstić information content (AvgIpc) is 2.54. The van der Waals surface area contributed by atoms with Crippen LogP contribution in [0.1, 0.15) is 11.1 Å². The summed E-state index contributed by atoms with van der Waals surface area (Å²) in [6.45, 7) is 5.91. The maximum absolute atomic E-state index is 5.54. The molecule has 2 rings (SSSR count). The van der Waals surface area contributed by atoms with Crippen molar-refractivity contribution in [3.05, 3.63) is 66.5 Å². The summed E-state index contributed by atoms with van der Waals surface area (Å²) in [4.78, 5) is 4.11. The van der Waals surface area contributed by atoms with Gasteiger partial charge in [-0.3, -0.25) is 4.98 Å². The molecular weight excluding hydrogens is 264 g/mol. The minimum Gasteiger partial charge on any atom is -0.493 e. The van der Waals surface area contributed by atoms with E-state index in [1.807, 2.05) is 24.4 Å². The molecule has 0 amide bonds. The van der Waals surface area contributed by atoms with Crippen LogP contribution in [0.15, 0.2) is 55.4 Å². The zero-order valence-corrected chi connectivity index (χ0v) is 12.3. The quantitative estimate of drug-likeness (QED) is 0.754. The Bertz CT molecular complexity index is 570. The van der Waals surface area contributed by atoms with Crippen LogP contribution in [-0.4, -0.2) is 18.7 Å². The highest BCUT2D eigenvalue weighted by Gasteiger charge is 2.06. The number of nitrogens with zero attached hydrogens (tertiary/aromatic N) is 1. The van der Waals surface area contributed by atoms with Crippen LogP contribution in [0, 0.1) is 0 Å². The second-order valence-electron chi connectivity index (χ2n) is 4.64. The fraction of sp³-hybridized carbons (Fsp3) is 0.235. The summed E-state index contributed by atoms with van der Waals surface area (Å²) in [5.74, 6) is 1.50. The molecule has 0 aliphatic carbocycles. The van der Waals surface area contributed by atoms with Crippen molar-refractivity contribution < 1.29 is 14.8 Å². The lowest BCUT2D eigenvalue weighted by molar-refractivity contribution is -0.686. The van der Waals surface area contributed by atoms with E-state index in [2.05, 4.69) is 29.0 Å². The first-order chi connectivity index (χ1) is 10.3. The van der Waals surface area contributed by atoms with Gasteiger partial charge in [-0.25, -0.2) is 0 Å². The molecular formula is C17H21N2O2+. The number of benzene rings is 1. The number of hydrogen-bond acceptors (Lipinski definition) is 3. The number of rotatable bonds is 8. The van der Waals surface area contributed by atoms with Gasteiger partial charge in [0, 0.05) is 23.5 Å². The number of quaternary nitrogens is 1. The molecule has 110 valence electrons. The monoisotopic (exact) mass is 285 g/mol. The van der Waals surface area contributed by atoms with Crippen LogP contribution in [0.5, 0.6) is 11.5 Å². The maximum Gasteiger partial charge on any atom is 0.161 e. The molecule has 0 saturated heterocycles. The van der Waals surface area contributed by atoms with Gasteiger partial charge in [0.25, 0.3) is 0 Å². The standard InChI is InChI=1S/C17H20N2O2/c1-3-9-21-16-7-6-14(10-17(16)20-2)11-19-13-15-5-4-8-18-12-15/h3-8,10,12,19H,1,9,11,13H2,2H3/p+1. The number of aromatic nitrogens is 1. The van der Waals surface area contributed by atoms with Crippen molar-refractivity contribution in [2.24, 2.45) is 0 Å². The lowest BCUT2D eigenvalue weighted by Crippen LogP contribution is -2.80. The molecule has 2 N–H and O–H groups in total. The van der Waals surface area contributed by atoms with Crippen LogP contribution in [-0.2, 0) is 13.1 Å². The summed E-state index contributed by atoms with van der Waals surface area (Å²) in [6.07, 6.45) is 5.40. The lowest BCUT2D eigenvalue weighted by Gasteiger charge is -2.10. The van der Waals surface area contributed by atoms with Crippen LogP contribution in [0.2, 0.25) is 0 Å². The predicted octanol–water partition coefficient (Wildman–Crippen LogP) is 1.92. The lowest BCUT2D eigenvalue weighted by atomic mass is 10.2. The molecule has 0 aliphatic rings. The normalized spacial score (nSPS) is 10.1. The highest BCUT2D eigenvalue weighted by atomic mass is 16.5. The van der Waals surface area contributed by atoms with Crippen molar-refractivity contribution in [3.63, 3.8) is 0 Å². The molecule has 4 heteroatoms. The Morgan fingerprint density at radius 3 is 2.76 bits per heavy atom. The number of methoxy groups -OCH3 is 1. The van der Waals surface area contributed by atoms with Crippen molar-refractivity contribution >= 4 is 0 Å². The molecule has 0 bridgehead atoms. The van der Waals surface area contributed by atoms with Gasteiger partial charge in [0.1, 0.15) is 19.7 Å². The van der Waals surface area contributed by atoms with Gasteiger partial charge in [0.05, 0.1) is 7.11 Å². The molecule has 0 fully saturated rings. The predicted molar refractivity (Wildman–Crippen MR) is 82.3 cm³/mol. The van der Waals surface area contributed by atoms with Gasteiger partial charge in [-0.1, -0.05) is 18.7 Å². The summed E-state index contributed by atoms with van der Waals surface area (Å²) in [6, 6.07) is 10.0. The van der Waals surface area contributed by atoms with E-state index >= 15 is 0 Å². The Kier molecular flexibility index (Phi) is 5.79. The van der Waals surface area contributed by atoms with Crippen LogP contribution < -0.4 is 14.8 Å². The number of hydrogen-bond donors (Lipinski definition) is 1. The molecule has 1 heterocycles. The zero-order chi connectivity index (χ0) is 14.9. The third kappa shape index (κ3) is 4.61. The van der Waals surface area contributed by atoms with E-state index in [1.54, 1.807) is 19.4 Å². The largest absolute Gasteiger partial charge is 0.493 e. The molecule has 0 aliphatic heterocycles. The van der Waals surface area contributed by atoms with Gasteiger partial charge in [-0.15, -0.1) is 0 Å². The maximum atomic E-state index is 5.54. The average molecular weight is 285 g/mol. The second-order valence-corrected chi connectivity index (χ2v) is 4.64. The summed E-state index contributed by atoms with van der Waals surface area (Å²) in [5, 5.41) is 2.23. The van der Waals surface area contributed by atoms with Crippen molar-refractivity contribution in [1.29, 1.82) is 0 Å². The first-order valence-electron chi connectivity index (χ1n) is 6.94. The third-order valence-corrected chi connectivity index (χ3v) is 3.07. The van der Waals surface area contributed by atoms with Gasteiger partial charge in [-0.2, -0.15) is 0 Å². The third-order valence-electron chi connectivity index (χ3n) is 3.07. The van der Waals surface area contributed by atoms with Crippen molar-refractivity contribution in [3.8, 4) is 11.5 Å². The minimum absolute atomic E-state index is 0.475. The van der Waals surface area contributed by atoms with Crippen LogP contribution in [0.25, 0.3) is 0 Å². The number of ether oxygens (including phenoxy) is 2. The molecule has 0 unspecified atom stereocenters. The Labute approximate surface area is 125 Å². The minimum atomic E-state index is 0.475. The van der Waals surface area contributed by atoms with E-state index in [0.717, 1.165) is 24.6 Å². The molecule has 1 aromatic heterocycles. The fourth-order valence-corrected chi connectivity index (χ4v) is 2.03. The van der Waals surface area contributed by atoms with Crippen LogP contribution in [0.4, 0.5) is 0 Å². The molecule has 4 nitrogen and oxygen atoms in total. The molecule has 2 aromatic rings. The van der Waals surface area contributed by atoms with E-state index in [4.69, 9.17) is 9.47 Å². The van der Waals surface area contributed by atoms with Gasteiger partial charge < -0.3 is 14.8 Å². The highest BCUT2D eigenvalue weighted by Crippen LogP contribution is 2.27. The van der Waals surface area contributed by atoms with E-state index < -0.39 is 0 Å². The van der Waals surface area contributed by atoms with Gasteiger partial charge in [0.15, 0.2) is 11.5 Å². The molecule has 0 radical (unpaired) electrons. The zero-order valence-electron chi connectivity index (χ0n) is 12.3. The molecule has 1 aromatic carbocycles. The molecule has 0 saturated carbocycles. The first kappa shape index (κ1) is 15.1. The van der Waals surface area contributed by atoms with E-state index in [-0.39, 0.29) is 0 Å². The van der Waals surface area contributed by atoms with Crippen LogP contribution >= 0.6 is 0 Å². The smallest absolute Gasteiger partial charge is 0.161 e. The molecule has 0 spiro atoms. The van der Waals surface area contributed by atoms with Crippen LogP contribution in [0.3, 0.4) is 0 Å². The second kappa shape index (κ2) is 8.07. The Morgan fingerprint density at radius 2 is 2.05 bits per heavy atom. The molecule has 0 atom stereocenters. The van der Waals surface area contributed by atoms with Gasteiger partial charge in [-0.05, 0) is 24.3 Å². The highest BCUT2D eigenvalue weighted by molar-refractivity contribution is 5.42. The fourth-order valence-electron chi connectivity index (χ4n) is 2.03. The Morgan fingerprint density at radius 1 is 1.19 bits per heavy atom. The Balaban J connectivity index is 1.92. The topological polar surface area (TPSA) is 48.0 Å². The van der Waals surface area contributed by atoms with Crippen molar-refractivity contribution in [2.45, 2.75) is 13.1 Å². The van der Waals surface area contributed by atoms with E-state index in [9.17, 15) is 0 Å². The summed E-state index contributed by atoms with van der Waals surface area (Å²) < 4.78 is 10.9. The number of pyridine rings is 1. The molecule has 21 heavy (non-hydrogen) atoms. The summed E-state index contributed by atoms with van der Waals surface area (Å²) in [7, 11) is 1.65.